The molecular formula is C15H10ClF5N2O2. The summed E-state index contributed by atoms with van der Waals surface area (Å²) < 4.78 is 68.0. The van der Waals surface area contributed by atoms with Crippen LogP contribution >= 0.6 is 11.6 Å². The van der Waals surface area contributed by atoms with E-state index < -0.39 is 42.5 Å². The van der Waals surface area contributed by atoms with E-state index in [2.05, 4.69) is 10.5 Å². The summed E-state index contributed by atoms with van der Waals surface area (Å²) in [6, 6.07) is 3.27. The number of halogens is 6. The van der Waals surface area contributed by atoms with Gasteiger partial charge in [-0.25, -0.2) is 8.78 Å². The summed E-state index contributed by atoms with van der Waals surface area (Å²) >= 11 is 6.00. The third-order valence-corrected chi connectivity index (χ3v) is 4.10. The van der Waals surface area contributed by atoms with Crippen molar-refractivity contribution in [1.29, 1.82) is 0 Å². The van der Waals surface area contributed by atoms with E-state index in [4.69, 9.17) is 16.1 Å². The Morgan fingerprint density at radius 2 is 1.84 bits per heavy atom. The second-order valence-corrected chi connectivity index (χ2v) is 6.06. The Balaban J connectivity index is 1.76. The first-order valence-corrected chi connectivity index (χ1v) is 7.46. The van der Waals surface area contributed by atoms with E-state index in [0.717, 1.165) is 24.3 Å². The van der Waals surface area contributed by atoms with E-state index in [1.807, 2.05) is 0 Å². The number of carbonyl (C=O) groups excluding carboxylic acids is 1. The van der Waals surface area contributed by atoms with Crippen LogP contribution in [-0.4, -0.2) is 23.0 Å². The molecule has 1 aliphatic rings. The van der Waals surface area contributed by atoms with Crippen LogP contribution in [0.2, 0.25) is 5.02 Å². The van der Waals surface area contributed by atoms with Crippen molar-refractivity contribution in [2.45, 2.75) is 31.0 Å². The second-order valence-electron chi connectivity index (χ2n) is 5.68. The zero-order chi connectivity index (χ0) is 18.4. The lowest BCUT2D eigenvalue weighted by molar-refractivity contribution is -0.137. The van der Waals surface area contributed by atoms with Crippen molar-refractivity contribution in [3.05, 3.63) is 40.6 Å². The SMILES string of the molecule is O=C(NC1CC(F)(F)C1)c1onc(-c2ccc(C(F)(F)F)cc2)c1Cl. The molecule has 134 valence electrons. The smallest absolute Gasteiger partial charge is 0.349 e. The van der Waals surface area contributed by atoms with Gasteiger partial charge in [-0.3, -0.25) is 4.79 Å². The number of nitrogens with zero attached hydrogens (tertiary/aromatic N) is 1. The number of benzene rings is 1. The fourth-order valence-electron chi connectivity index (χ4n) is 2.43. The largest absolute Gasteiger partial charge is 0.416 e. The highest BCUT2D eigenvalue weighted by Crippen LogP contribution is 2.38. The molecule has 10 heteroatoms. The minimum absolute atomic E-state index is 0.0144. The van der Waals surface area contributed by atoms with Gasteiger partial charge < -0.3 is 9.84 Å². The third-order valence-electron chi connectivity index (χ3n) is 3.75. The molecule has 0 unspecified atom stereocenters. The maximum Gasteiger partial charge on any atom is 0.416 e. The monoisotopic (exact) mass is 380 g/mol. The number of hydrogen-bond acceptors (Lipinski definition) is 3. The molecule has 1 aliphatic carbocycles. The Labute approximate surface area is 142 Å². The molecule has 0 aliphatic heterocycles. The van der Waals surface area contributed by atoms with Crippen molar-refractivity contribution >= 4 is 17.5 Å². The number of amides is 1. The molecule has 1 heterocycles. The molecule has 0 atom stereocenters. The summed E-state index contributed by atoms with van der Waals surface area (Å²) in [7, 11) is 0. The summed E-state index contributed by atoms with van der Waals surface area (Å²) in [6.07, 6.45) is -5.44. The highest BCUT2D eigenvalue weighted by atomic mass is 35.5. The van der Waals surface area contributed by atoms with Crippen LogP contribution in [0, 0.1) is 0 Å². The third kappa shape index (κ3) is 3.60. The number of rotatable bonds is 3. The van der Waals surface area contributed by atoms with E-state index in [1.54, 1.807) is 0 Å². The highest BCUT2D eigenvalue weighted by Gasteiger charge is 2.46. The maximum atomic E-state index is 12.8. The van der Waals surface area contributed by atoms with E-state index in [9.17, 15) is 26.7 Å². The molecule has 1 amide bonds. The predicted octanol–water partition coefficient (Wildman–Crippen LogP) is 4.54. The van der Waals surface area contributed by atoms with E-state index in [-0.39, 0.29) is 22.0 Å². The van der Waals surface area contributed by atoms with Gasteiger partial charge in [0.05, 0.1) is 5.56 Å². The van der Waals surface area contributed by atoms with Gasteiger partial charge in [-0.1, -0.05) is 28.9 Å². The Bertz CT molecular complexity index is 793. The summed E-state index contributed by atoms with van der Waals surface area (Å²) in [5.74, 6) is -3.99. The minimum Gasteiger partial charge on any atom is -0.349 e. The lowest BCUT2D eigenvalue weighted by Crippen LogP contribution is -2.50. The van der Waals surface area contributed by atoms with Crippen LogP contribution in [-0.2, 0) is 6.18 Å². The Hall–Kier alpha value is -2.16. The highest BCUT2D eigenvalue weighted by molar-refractivity contribution is 6.35. The topological polar surface area (TPSA) is 55.1 Å². The van der Waals surface area contributed by atoms with Crippen molar-refractivity contribution in [2.24, 2.45) is 0 Å². The van der Waals surface area contributed by atoms with E-state index >= 15 is 0 Å². The van der Waals surface area contributed by atoms with Gasteiger partial charge in [-0.15, -0.1) is 0 Å². The summed E-state index contributed by atoms with van der Waals surface area (Å²) in [5, 5.41) is 5.71. The summed E-state index contributed by atoms with van der Waals surface area (Å²) in [6.45, 7) is 0. The number of hydrogen-bond donors (Lipinski definition) is 1. The lowest BCUT2D eigenvalue weighted by atomic mass is 9.88. The van der Waals surface area contributed by atoms with E-state index in [0.29, 0.717) is 0 Å². The van der Waals surface area contributed by atoms with Gasteiger partial charge in [0.1, 0.15) is 10.7 Å². The number of aromatic nitrogens is 1. The number of carbonyl (C=O) groups is 1. The molecular weight excluding hydrogens is 371 g/mol. The molecule has 1 N–H and O–H groups in total. The fourth-order valence-corrected chi connectivity index (χ4v) is 2.69. The zero-order valence-electron chi connectivity index (χ0n) is 12.3. The van der Waals surface area contributed by atoms with Crippen LogP contribution in [0.3, 0.4) is 0 Å². The number of nitrogens with one attached hydrogen (secondary N) is 1. The average Bonchev–Trinajstić information content (AvgIpc) is 2.86. The molecule has 4 nitrogen and oxygen atoms in total. The molecule has 1 saturated carbocycles. The molecule has 0 saturated heterocycles. The normalized spacial score (nSPS) is 17.2. The molecule has 3 rings (SSSR count). The van der Waals surface area contributed by atoms with Crippen molar-refractivity contribution in [1.82, 2.24) is 10.5 Å². The minimum atomic E-state index is -4.48. The average molecular weight is 381 g/mol. The predicted molar refractivity (Wildman–Crippen MR) is 77.4 cm³/mol. The van der Waals surface area contributed by atoms with Gasteiger partial charge in [0, 0.05) is 24.4 Å². The van der Waals surface area contributed by atoms with Gasteiger partial charge in [-0.2, -0.15) is 13.2 Å². The summed E-state index contributed by atoms with van der Waals surface area (Å²) in [4.78, 5) is 12.0. The molecule has 0 radical (unpaired) electrons. The van der Waals surface area contributed by atoms with Gasteiger partial charge in [-0.05, 0) is 12.1 Å². The molecule has 0 spiro atoms. The molecule has 1 fully saturated rings. The van der Waals surface area contributed by atoms with E-state index in [1.165, 1.54) is 0 Å². The Morgan fingerprint density at radius 1 is 1.24 bits per heavy atom. The fraction of sp³-hybridized carbons (Fsp3) is 0.333. The molecule has 0 bridgehead atoms. The standard InChI is InChI=1S/C15H10ClF5N2O2/c16-10-11(7-1-3-8(4-2-7)15(19,20)21)23-25-12(10)13(24)22-9-5-14(17,18)6-9/h1-4,9H,5-6H2,(H,22,24). The first-order valence-electron chi connectivity index (χ1n) is 7.08. The Kier molecular flexibility index (Phi) is 4.22. The molecule has 2 aromatic rings. The van der Waals surface area contributed by atoms with Gasteiger partial charge >= 0.3 is 6.18 Å². The first kappa shape index (κ1) is 17.7. The van der Waals surface area contributed by atoms with Crippen molar-refractivity contribution in [3.63, 3.8) is 0 Å². The maximum absolute atomic E-state index is 12.8. The molecule has 1 aromatic carbocycles. The molecule has 1 aromatic heterocycles. The van der Waals surface area contributed by atoms with Crippen LogP contribution < -0.4 is 5.32 Å². The van der Waals surface area contributed by atoms with Gasteiger partial charge in [0.25, 0.3) is 11.8 Å². The second kappa shape index (κ2) is 5.98. The van der Waals surface area contributed by atoms with Crippen LogP contribution in [0.5, 0.6) is 0 Å². The Morgan fingerprint density at radius 3 is 2.36 bits per heavy atom. The zero-order valence-corrected chi connectivity index (χ0v) is 13.1. The van der Waals surface area contributed by atoms with Crippen molar-refractivity contribution in [2.75, 3.05) is 0 Å². The van der Waals surface area contributed by atoms with Crippen LogP contribution in [0.4, 0.5) is 22.0 Å². The van der Waals surface area contributed by atoms with Crippen LogP contribution in [0.1, 0.15) is 29.0 Å². The summed E-state index contributed by atoms with van der Waals surface area (Å²) in [5.41, 5.74) is -0.643. The number of alkyl halides is 5. The first-order chi connectivity index (χ1) is 11.6. The van der Waals surface area contributed by atoms with Gasteiger partial charge in [0.15, 0.2) is 0 Å². The van der Waals surface area contributed by atoms with Crippen LogP contribution in [0.15, 0.2) is 28.8 Å². The molecule has 25 heavy (non-hydrogen) atoms. The van der Waals surface area contributed by atoms with Crippen molar-refractivity contribution < 1.29 is 31.3 Å². The van der Waals surface area contributed by atoms with Gasteiger partial charge in [0.2, 0.25) is 5.76 Å². The van der Waals surface area contributed by atoms with Crippen LogP contribution in [0.25, 0.3) is 11.3 Å². The van der Waals surface area contributed by atoms with Crippen molar-refractivity contribution in [3.8, 4) is 11.3 Å². The quantitative estimate of drug-likeness (QED) is 0.795. The lowest BCUT2D eigenvalue weighted by Gasteiger charge is -2.34.